The van der Waals surface area contributed by atoms with Crippen LogP contribution in [0.2, 0.25) is 5.02 Å². The van der Waals surface area contributed by atoms with Gasteiger partial charge in [0, 0.05) is 28.2 Å². The molecule has 158 valence electrons. The van der Waals surface area contributed by atoms with Crippen LogP contribution in [-0.4, -0.2) is 33.0 Å². The first-order valence-corrected chi connectivity index (χ1v) is 9.88. The second-order valence-corrected chi connectivity index (χ2v) is 7.41. The van der Waals surface area contributed by atoms with E-state index in [1.807, 2.05) is 37.3 Å². The number of carbonyl (C=O) groups excluding carboxylic acids is 1. The Kier molecular flexibility index (Phi) is 5.81. The Labute approximate surface area is 182 Å². The Bertz CT molecular complexity index is 1270. The zero-order valence-electron chi connectivity index (χ0n) is 16.9. The molecule has 0 aliphatic heterocycles. The maximum absolute atomic E-state index is 14.4. The van der Waals surface area contributed by atoms with Gasteiger partial charge in [0.15, 0.2) is 17.3 Å². The number of halogens is 2. The molecule has 1 N–H and O–H groups in total. The van der Waals surface area contributed by atoms with E-state index in [9.17, 15) is 9.18 Å². The van der Waals surface area contributed by atoms with Crippen LogP contribution in [0.15, 0.2) is 48.7 Å². The number of hydrogen-bond donors (Lipinski definition) is 1. The maximum Gasteiger partial charge on any atom is 0.273 e. The fourth-order valence-electron chi connectivity index (χ4n) is 3.20. The molecular formula is C22H19ClFN5O2. The van der Waals surface area contributed by atoms with Crippen molar-refractivity contribution in [3.63, 3.8) is 0 Å². The van der Waals surface area contributed by atoms with Crippen molar-refractivity contribution in [3.05, 3.63) is 82.0 Å². The molecule has 0 aliphatic carbocycles. The number of aryl methyl sites for hydroxylation is 1. The van der Waals surface area contributed by atoms with Gasteiger partial charge in [0.25, 0.3) is 5.91 Å². The van der Waals surface area contributed by atoms with Crippen LogP contribution in [0.25, 0.3) is 10.9 Å². The summed E-state index contributed by atoms with van der Waals surface area (Å²) in [6.07, 6.45) is 1.54. The number of rotatable bonds is 6. The Hall–Kier alpha value is -3.52. The Morgan fingerprint density at radius 2 is 2.06 bits per heavy atom. The molecule has 2 heterocycles. The number of benzene rings is 2. The third-order valence-corrected chi connectivity index (χ3v) is 5.16. The standard InChI is InChI=1S/C22H19ClFN5O2/c1-13-3-5-15-9-14(4-7-18(15)26-13)11-29-12-19(27-28-29)22(30)25-10-16-17(23)6-8-20(31-2)21(16)24/h3-9,12H,10-11H2,1-2H3,(H,25,30). The van der Waals surface area contributed by atoms with Gasteiger partial charge in [-0.15, -0.1) is 5.10 Å². The van der Waals surface area contributed by atoms with Gasteiger partial charge in [-0.1, -0.05) is 28.9 Å². The van der Waals surface area contributed by atoms with Crippen molar-refractivity contribution < 1.29 is 13.9 Å². The number of ether oxygens (including phenoxy) is 1. The molecule has 31 heavy (non-hydrogen) atoms. The second kappa shape index (κ2) is 8.69. The third-order valence-electron chi connectivity index (χ3n) is 4.80. The molecule has 0 saturated heterocycles. The molecule has 0 unspecified atom stereocenters. The number of hydrogen-bond acceptors (Lipinski definition) is 5. The highest BCUT2D eigenvalue weighted by atomic mass is 35.5. The van der Waals surface area contributed by atoms with Gasteiger partial charge >= 0.3 is 0 Å². The summed E-state index contributed by atoms with van der Waals surface area (Å²) < 4.78 is 20.9. The zero-order chi connectivity index (χ0) is 22.0. The number of nitrogens with zero attached hydrogens (tertiary/aromatic N) is 4. The SMILES string of the molecule is COc1ccc(Cl)c(CNC(=O)c2cn(Cc3ccc4nc(C)ccc4c3)nn2)c1F. The van der Waals surface area contributed by atoms with E-state index in [0.29, 0.717) is 6.54 Å². The number of aromatic nitrogens is 4. The van der Waals surface area contributed by atoms with Crippen molar-refractivity contribution in [1.82, 2.24) is 25.3 Å². The monoisotopic (exact) mass is 439 g/mol. The summed E-state index contributed by atoms with van der Waals surface area (Å²) in [4.78, 5) is 16.9. The highest BCUT2D eigenvalue weighted by molar-refractivity contribution is 6.31. The number of pyridine rings is 1. The van der Waals surface area contributed by atoms with Crippen LogP contribution in [0.5, 0.6) is 5.75 Å². The largest absolute Gasteiger partial charge is 0.494 e. The first-order valence-electron chi connectivity index (χ1n) is 9.50. The molecule has 0 spiro atoms. The van der Waals surface area contributed by atoms with Gasteiger partial charge in [-0.25, -0.2) is 9.07 Å². The van der Waals surface area contributed by atoms with Gasteiger partial charge in [0.1, 0.15) is 0 Å². The molecule has 4 rings (SSSR count). The van der Waals surface area contributed by atoms with E-state index in [-0.39, 0.29) is 28.6 Å². The van der Waals surface area contributed by atoms with Gasteiger partial charge in [-0.3, -0.25) is 9.78 Å². The highest BCUT2D eigenvalue weighted by Gasteiger charge is 2.16. The minimum Gasteiger partial charge on any atom is -0.494 e. The summed E-state index contributed by atoms with van der Waals surface area (Å²) in [7, 11) is 1.36. The van der Waals surface area contributed by atoms with Crippen molar-refractivity contribution in [2.75, 3.05) is 7.11 Å². The van der Waals surface area contributed by atoms with E-state index in [1.54, 1.807) is 4.68 Å². The first kappa shape index (κ1) is 20.7. The van der Waals surface area contributed by atoms with E-state index >= 15 is 0 Å². The summed E-state index contributed by atoms with van der Waals surface area (Å²) in [6.45, 7) is 2.29. The van der Waals surface area contributed by atoms with Crippen LogP contribution in [0.1, 0.15) is 27.3 Å². The van der Waals surface area contributed by atoms with Gasteiger partial charge in [0.2, 0.25) is 0 Å². The predicted molar refractivity (Wildman–Crippen MR) is 115 cm³/mol. The van der Waals surface area contributed by atoms with Crippen molar-refractivity contribution in [3.8, 4) is 5.75 Å². The molecule has 0 aliphatic rings. The van der Waals surface area contributed by atoms with E-state index in [2.05, 4.69) is 20.6 Å². The summed E-state index contributed by atoms with van der Waals surface area (Å²) in [5.74, 6) is -1.04. The Morgan fingerprint density at radius 3 is 2.87 bits per heavy atom. The lowest BCUT2D eigenvalue weighted by Crippen LogP contribution is -2.24. The summed E-state index contributed by atoms with van der Waals surface area (Å²) in [5.41, 5.74) is 3.15. The minimum absolute atomic E-state index is 0.0559. The second-order valence-electron chi connectivity index (χ2n) is 7.01. The lowest BCUT2D eigenvalue weighted by atomic mass is 10.1. The third kappa shape index (κ3) is 4.49. The van der Waals surface area contributed by atoms with Gasteiger partial charge in [-0.05, 0) is 42.8 Å². The van der Waals surface area contributed by atoms with Gasteiger partial charge < -0.3 is 10.1 Å². The molecule has 2 aromatic heterocycles. The van der Waals surface area contributed by atoms with E-state index in [1.165, 1.54) is 25.4 Å². The molecule has 2 aromatic carbocycles. The minimum atomic E-state index is -0.611. The van der Waals surface area contributed by atoms with Crippen molar-refractivity contribution in [1.29, 1.82) is 0 Å². The first-order chi connectivity index (χ1) is 14.9. The summed E-state index contributed by atoms with van der Waals surface area (Å²) >= 11 is 6.05. The summed E-state index contributed by atoms with van der Waals surface area (Å²) in [5, 5.41) is 11.8. The fraction of sp³-hybridized carbons (Fsp3) is 0.182. The number of carbonyl (C=O) groups is 1. The molecule has 0 atom stereocenters. The predicted octanol–water partition coefficient (Wildman–Crippen LogP) is 3.91. The molecule has 0 saturated carbocycles. The fourth-order valence-corrected chi connectivity index (χ4v) is 3.41. The van der Waals surface area contributed by atoms with E-state index in [4.69, 9.17) is 16.3 Å². The van der Waals surface area contributed by atoms with Crippen molar-refractivity contribution in [2.24, 2.45) is 0 Å². The van der Waals surface area contributed by atoms with Crippen LogP contribution in [0.4, 0.5) is 4.39 Å². The molecule has 9 heteroatoms. The maximum atomic E-state index is 14.4. The quantitative estimate of drug-likeness (QED) is 0.492. The summed E-state index contributed by atoms with van der Waals surface area (Å²) in [6, 6.07) is 12.9. The Balaban J connectivity index is 1.44. The number of fused-ring (bicyclic) bond motifs is 1. The smallest absolute Gasteiger partial charge is 0.273 e. The van der Waals surface area contributed by atoms with Crippen LogP contribution >= 0.6 is 11.6 Å². The molecule has 0 fully saturated rings. The van der Waals surface area contributed by atoms with Crippen molar-refractivity contribution >= 4 is 28.4 Å². The van der Waals surface area contributed by atoms with Crippen LogP contribution in [-0.2, 0) is 13.1 Å². The van der Waals surface area contributed by atoms with Gasteiger partial charge in [-0.2, -0.15) is 0 Å². The Morgan fingerprint density at radius 1 is 1.23 bits per heavy atom. The van der Waals surface area contributed by atoms with Crippen LogP contribution < -0.4 is 10.1 Å². The number of amides is 1. The molecule has 7 nitrogen and oxygen atoms in total. The number of methoxy groups -OCH3 is 1. The normalized spacial score (nSPS) is 11.0. The van der Waals surface area contributed by atoms with Crippen LogP contribution in [0.3, 0.4) is 0 Å². The number of nitrogens with one attached hydrogen (secondary N) is 1. The lowest BCUT2D eigenvalue weighted by molar-refractivity contribution is 0.0945. The van der Waals surface area contributed by atoms with E-state index < -0.39 is 11.7 Å². The average molecular weight is 440 g/mol. The molecule has 0 bridgehead atoms. The lowest BCUT2D eigenvalue weighted by Gasteiger charge is -2.10. The zero-order valence-corrected chi connectivity index (χ0v) is 17.7. The van der Waals surface area contributed by atoms with Crippen LogP contribution in [0, 0.1) is 12.7 Å². The molecule has 1 amide bonds. The highest BCUT2D eigenvalue weighted by Crippen LogP contribution is 2.27. The van der Waals surface area contributed by atoms with Crippen molar-refractivity contribution in [2.45, 2.75) is 20.0 Å². The topological polar surface area (TPSA) is 81.9 Å². The average Bonchev–Trinajstić information content (AvgIpc) is 3.22. The molecular weight excluding hydrogens is 421 g/mol. The van der Waals surface area contributed by atoms with Gasteiger partial charge in [0.05, 0.1) is 25.4 Å². The molecule has 4 aromatic rings. The van der Waals surface area contributed by atoms with E-state index in [0.717, 1.165) is 22.2 Å². The molecule has 0 radical (unpaired) electrons.